The van der Waals surface area contributed by atoms with Crippen molar-refractivity contribution >= 4 is 17.5 Å². The van der Waals surface area contributed by atoms with Gasteiger partial charge in [-0.05, 0) is 72.0 Å². The van der Waals surface area contributed by atoms with Gasteiger partial charge < -0.3 is 4.90 Å². The number of halogens is 2. The van der Waals surface area contributed by atoms with Crippen LogP contribution in [-0.4, -0.2) is 21.8 Å². The SMILES string of the molecule is N#Cc1ccc(-c2cc(F)cc(C(=O)N(Cc3ccncc3)C3CC3)c2)cc1Cl. The first kappa shape index (κ1) is 19.1. The highest BCUT2D eigenvalue weighted by Gasteiger charge is 2.33. The summed E-state index contributed by atoms with van der Waals surface area (Å²) >= 11 is 6.12. The zero-order chi connectivity index (χ0) is 20.4. The molecule has 1 saturated carbocycles. The standard InChI is InChI=1S/C23H17ClFN3O/c24-22-12-16(1-2-17(22)13-26)18-9-19(11-20(25)10-18)23(29)28(21-3-4-21)14-15-5-7-27-8-6-15/h1-2,5-12,21H,3-4,14H2. The zero-order valence-electron chi connectivity index (χ0n) is 15.5. The van der Waals surface area contributed by atoms with Gasteiger partial charge in [-0.1, -0.05) is 17.7 Å². The van der Waals surface area contributed by atoms with Gasteiger partial charge in [-0.25, -0.2) is 4.39 Å². The highest BCUT2D eigenvalue weighted by atomic mass is 35.5. The molecule has 0 radical (unpaired) electrons. The molecule has 1 aliphatic carbocycles. The first-order valence-corrected chi connectivity index (χ1v) is 9.63. The Kier molecular flexibility index (Phi) is 5.28. The highest BCUT2D eigenvalue weighted by molar-refractivity contribution is 6.32. The molecule has 0 atom stereocenters. The Morgan fingerprint density at radius 1 is 1.14 bits per heavy atom. The van der Waals surface area contributed by atoms with Crippen molar-refractivity contribution < 1.29 is 9.18 Å². The third-order valence-corrected chi connectivity index (χ3v) is 5.23. The molecule has 144 valence electrons. The van der Waals surface area contributed by atoms with Gasteiger partial charge in [0.25, 0.3) is 5.91 Å². The molecule has 1 aromatic heterocycles. The number of nitrogens with zero attached hydrogens (tertiary/aromatic N) is 3. The zero-order valence-corrected chi connectivity index (χ0v) is 16.2. The topological polar surface area (TPSA) is 57.0 Å². The van der Waals surface area contributed by atoms with E-state index in [2.05, 4.69) is 4.98 Å². The van der Waals surface area contributed by atoms with Gasteiger partial charge in [0.05, 0.1) is 10.6 Å². The third kappa shape index (κ3) is 4.28. The molecule has 29 heavy (non-hydrogen) atoms. The molecule has 0 bridgehead atoms. The highest BCUT2D eigenvalue weighted by Crippen LogP contribution is 2.32. The number of hydrogen-bond acceptors (Lipinski definition) is 3. The minimum absolute atomic E-state index is 0.173. The van der Waals surface area contributed by atoms with Crippen LogP contribution in [0.15, 0.2) is 60.9 Å². The van der Waals surface area contributed by atoms with Gasteiger partial charge in [0.1, 0.15) is 11.9 Å². The second-order valence-electron chi connectivity index (χ2n) is 7.05. The summed E-state index contributed by atoms with van der Waals surface area (Å²) in [6.45, 7) is 0.459. The molecule has 0 aliphatic heterocycles. The molecular formula is C23H17ClFN3O. The first-order valence-electron chi connectivity index (χ1n) is 9.25. The quantitative estimate of drug-likeness (QED) is 0.585. The maximum absolute atomic E-state index is 14.4. The van der Waals surface area contributed by atoms with Crippen LogP contribution in [-0.2, 0) is 6.54 Å². The fraction of sp³-hybridized carbons (Fsp3) is 0.174. The molecule has 6 heteroatoms. The van der Waals surface area contributed by atoms with Crippen LogP contribution < -0.4 is 0 Å². The lowest BCUT2D eigenvalue weighted by atomic mass is 10.0. The van der Waals surface area contributed by atoms with E-state index >= 15 is 0 Å². The van der Waals surface area contributed by atoms with Gasteiger partial charge in [0.15, 0.2) is 0 Å². The summed E-state index contributed by atoms with van der Waals surface area (Å²) < 4.78 is 14.4. The van der Waals surface area contributed by atoms with Crippen molar-refractivity contribution in [2.24, 2.45) is 0 Å². The second kappa shape index (κ2) is 8.02. The lowest BCUT2D eigenvalue weighted by Crippen LogP contribution is -2.32. The minimum atomic E-state index is -0.494. The number of carbonyl (C=O) groups excluding carboxylic acids is 1. The number of pyridine rings is 1. The summed E-state index contributed by atoms with van der Waals surface area (Å²) in [5.74, 6) is -0.698. The van der Waals surface area contributed by atoms with Crippen molar-refractivity contribution in [3.05, 3.63) is 88.5 Å². The average molecular weight is 406 g/mol. The molecule has 1 heterocycles. The Morgan fingerprint density at radius 3 is 2.55 bits per heavy atom. The summed E-state index contributed by atoms with van der Waals surface area (Å²) in [6.07, 6.45) is 5.29. The summed E-state index contributed by atoms with van der Waals surface area (Å²) in [7, 11) is 0. The van der Waals surface area contributed by atoms with Gasteiger partial charge in [0, 0.05) is 30.5 Å². The van der Waals surface area contributed by atoms with E-state index in [0.29, 0.717) is 33.8 Å². The van der Waals surface area contributed by atoms with Crippen LogP contribution in [0.3, 0.4) is 0 Å². The maximum atomic E-state index is 14.4. The van der Waals surface area contributed by atoms with Gasteiger partial charge in [-0.2, -0.15) is 5.26 Å². The summed E-state index contributed by atoms with van der Waals surface area (Å²) in [6, 6.07) is 15.1. The van der Waals surface area contributed by atoms with Gasteiger partial charge in [0.2, 0.25) is 0 Å². The van der Waals surface area contributed by atoms with Gasteiger partial charge in [-0.3, -0.25) is 9.78 Å². The van der Waals surface area contributed by atoms with E-state index in [1.807, 2.05) is 18.2 Å². The van der Waals surface area contributed by atoms with E-state index in [9.17, 15) is 9.18 Å². The minimum Gasteiger partial charge on any atom is -0.331 e. The molecule has 4 rings (SSSR count). The monoisotopic (exact) mass is 405 g/mol. The maximum Gasteiger partial charge on any atom is 0.254 e. The van der Waals surface area contributed by atoms with Crippen LogP contribution in [0.5, 0.6) is 0 Å². The van der Waals surface area contributed by atoms with E-state index in [1.54, 1.807) is 41.6 Å². The summed E-state index contributed by atoms with van der Waals surface area (Å²) in [4.78, 5) is 19.0. The molecule has 0 unspecified atom stereocenters. The number of nitriles is 1. The number of rotatable bonds is 5. The van der Waals surface area contributed by atoms with Crippen LogP contribution in [0.25, 0.3) is 11.1 Å². The molecule has 0 N–H and O–H groups in total. The Balaban J connectivity index is 1.66. The van der Waals surface area contributed by atoms with Crippen LogP contribution in [0.2, 0.25) is 5.02 Å². The van der Waals surface area contributed by atoms with Crippen LogP contribution in [0, 0.1) is 17.1 Å². The molecular weight excluding hydrogens is 389 g/mol. The van der Waals surface area contributed by atoms with Crippen molar-refractivity contribution in [3.8, 4) is 17.2 Å². The average Bonchev–Trinajstić information content (AvgIpc) is 3.57. The number of hydrogen-bond donors (Lipinski definition) is 0. The van der Waals surface area contributed by atoms with Crippen molar-refractivity contribution in [2.45, 2.75) is 25.4 Å². The predicted molar refractivity (Wildman–Crippen MR) is 109 cm³/mol. The third-order valence-electron chi connectivity index (χ3n) is 4.92. The Hall–Kier alpha value is -3.23. The van der Waals surface area contributed by atoms with E-state index in [-0.39, 0.29) is 11.9 Å². The summed E-state index contributed by atoms with van der Waals surface area (Å²) in [5, 5.41) is 9.32. The Labute approximate surface area is 173 Å². The first-order chi connectivity index (χ1) is 14.0. The number of aromatic nitrogens is 1. The van der Waals surface area contributed by atoms with Crippen molar-refractivity contribution in [1.82, 2.24) is 9.88 Å². The second-order valence-corrected chi connectivity index (χ2v) is 7.46. The van der Waals surface area contributed by atoms with Crippen molar-refractivity contribution in [2.75, 3.05) is 0 Å². The molecule has 3 aromatic rings. The molecule has 1 fully saturated rings. The van der Waals surface area contributed by atoms with Gasteiger partial charge >= 0.3 is 0 Å². The van der Waals surface area contributed by atoms with Crippen LogP contribution in [0.1, 0.15) is 34.3 Å². The fourth-order valence-electron chi connectivity index (χ4n) is 3.27. The molecule has 1 aliphatic rings. The normalized spacial score (nSPS) is 13.0. The molecule has 0 spiro atoms. The Bertz CT molecular complexity index is 1110. The van der Waals surface area contributed by atoms with Crippen LogP contribution >= 0.6 is 11.6 Å². The number of benzene rings is 2. The lowest BCUT2D eigenvalue weighted by Gasteiger charge is -2.23. The number of amides is 1. The van der Waals surface area contributed by atoms with Crippen molar-refractivity contribution in [3.63, 3.8) is 0 Å². The van der Waals surface area contributed by atoms with E-state index in [0.717, 1.165) is 18.4 Å². The smallest absolute Gasteiger partial charge is 0.254 e. The molecule has 0 saturated heterocycles. The van der Waals surface area contributed by atoms with Crippen LogP contribution in [0.4, 0.5) is 4.39 Å². The lowest BCUT2D eigenvalue weighted by molar-refractivity contribution is 0.0729. The molecule has 4 nitrogen and oxygen atoms in total. The number of carbonyl (C=O) groups is 1. The predicted octanol–water partition coefficient (Wildman–Crippen LogP) is 5.22. The van der Waals surface area contributed by atoms with E-state index in [1.165, 1.54) is 12.1 Å². The van der Waals surface area contributed by atoms with E-state index < -0.39 is 5.82 Å². The largest absolute Gasteiger partial charge is 0.331 e. The van der Waals surface area contributed by atoms with Gasteiger partial charge in [-0.15, -0.1) is 0 Å². The van der Waals surface area contributed by atoms with E-state index in [4.69, 9.17) is 16.9 Å². The Morgan fingerprint density at radius 2 is 1.90 bits per heavy atom. The molecule has 1 amide bonds. The van der Waals surface area contributed by atoms with Crippen molar-refractivity contribution in [1.29, 1.82) is 5.26 Å². The summed E-state index contributed by atoms with van der Waals surface area (Å²) in [5.41, 5.74) is 2.81. The fourth-order valence-corrected chi connectivity index (χ4v) is 3.49. The molecule has 2 aromatic carbocycles.